The Kier molecular flexibility index (Phi) is 5.99. The molecule has 0 spiro atoms. The van der Waals surface area contributed by atoms with Crippen molar-refractivity contribution in [3.63, 3.8) is 0 Å². The van der Waals surface area contributed by atoms with Crippen LogP contribution in [0.2, 0.25) is 0 Å². The van der Waals surface area contributed by atoms with Gasteiger partial charge in [0.2, 0.25) is 0 Å². The molecule has 0 aromatic carbocycles. The number of carbonyl (C=O) groups excluding carboxylic acids is 1. The summed E-state index contributed by atoms with van der Waals surface area (Å²) in [5.41, 5.74) is 0. The molecular weight excluding hydrogens is 192 g/mol. The van der Waals surface area contributed by atoms with E-state index in [9.17, 15) is 4.79 Å². The standard InChI is InChI=1S/C8H15BrO/c1-7(2)5-8(6-9)3-4-10/h4,7-8H,3,5-6H2,1-2H3/t8-/m1/s1. The molecule has 0 fully saturated rings. The van der Waals surface area contributed by atoms with Gasteiger partial charge in [-0.15, -0.1) is 0 Å². The fourth-order valence-corrected chi connectivity index (χ4v) is 1.55. The first kappa shape index (κ1) is 10.2. The summed E-state index contributed by atoms with van der Waals surface area (Å²) in [6.07, 6.45) is 2.85. The largest absolute Gasteiger partial charge is 0.303 e. The normalized spacial score (nSPS) is 13.6. The zero-order valence-corrected chi connectivity index (χ0v) is 8.23. The Labute approximate surface area is 71.3 Å². The molecule has 0 N–H and O–H groups in total. The lowest BCUT2D eigenvalue weighted by atomic mass is 9.97. The van der Waals surface area contributed by atoms with Crippen LogP contribution in [0.3, 0.4) is 0 Å². The van der Waals surface area contributed by atoms with Crippen molar-refractivity contribution in [2.24, 2.45) is 11.8 Å². The zero-order chi connectivity index (χ0) is 7.98. The van der Waals surface area contributed by atoms with E-state index in [1.165, 1.54) is 0 Å². The quantitative estimate of drug-likeness (QED) is 0.500. The predicted molar refractivity (Wildman–Crippen MR) is 47.4 cm³/mol. The van der Waals surface area contributed by atoms with Gasteiger partial charge in [0, 0.05) is 11.8 Å². The van der Waals surface area contributed by atoms with Gasteiger partial charge in [-0.25, -0.2) is 0 Å². The van der Waals surface area contributed by atoms with Gasteiger partial charge in [0.1, 0.15) is 6.29 Å². The molecule has 1 nitrogen and oxygen atoms in total. The first-order valence-electron chi connectivity index (χ1n) is 3.70. The number of carbonyl (C=O) groups is 1. The molecule has 0 radical (unpaired) electrons. The lowest BCUT2D eigenvalue weighted by molar-refractivity contribution is -0.108. The molecule has 60 valence electrons. The van der Waals surface area contributed by atoms with Crippen LogP contribution in [0.1, 0.15) is 26.7 Å². The number of alkyl halides is 1. The van der Waals surface area contributed by atoms with Crippen molar-refractivity contribution in [2.75, 3.05) is 5.33 Å². The molecule has 0 aromatic rings. The summed E-state index contributed by atoms with van der Waals surface area (Å²) in [6.45, 7) is 4.36. The van der Waals surface area contributed by atoms with Gasteiger partial charge in [0.15, 0.2) is 0 Å². The summed E-state index contributed by atoms with van der Waals surface area (Å²) in [6, 6.07) is 0. The van der Waals surface area contributed by atoms with Gasteiger partial charge < -0.3 is 4.79 Å². The Balaban J connectivity index is 3.48. The molecule has 0 aliphatic rings. The monoisotopic (exact) mass is 206 g/mol. The van der Waals surface area contributed by atoms with Gasteiger partial charge in [0.25, 0.3) is 0 Å². The van der Waals surface area contributed by atoms with Crippen molar-refractivity contribution in [1.29, 1.82) is 0 Å². The summed E-state index contributed by atoms with van der Waals surface area (Å²) < 4.78 is 0. The maximum Gasteiger partial charge on any atom is 0.120 e. The van der Waals surface area contributed by atoms with Crippen LogP contribution in [-0.2, 0) is 4.79 Å². The molecule has 0 amide bonds. The van der Waals surface area contributed by atoms with Crippen molar-refractivity contribution < 1.29 is 4.79 Å². The molecule has 0 rings (SSSR count). The molecule has 2 heteroatoms. The summed E-state index contributed by atoms with van der Waals surface area (Å²) in [5, 5.41) is 0.948. The Bertz CT molecular complexity index is 91.3. The lowest BCUT2D eigenvalue weighted by Gasteiger charge is -2.12. The zero-order valence-electron chi connectivity index (χ0n) is 6.64. The molecular formula is C8H15BrO. The molecule has 0 aliphatic heterocycles. The highest BCUT2D eigenvalue weighted by atomic mass is 79.9. The van der Waals surface area contributed by atoms with Crippen LogP contribution in [-0.4, -0.2) is 11.6 Å². The number of aldehydes is 1. The second-order valence-electron chi connectivity index (χ2n) is 3.05. The topological polar surface area (TPSA) is 17.1 Å². The number of hydrogen-bond donors (Lipinski definition) is 0. The Morgan fingerprint density at radius 2 is 2.10 bits per heavy atom. The van der Waals surface area contributed by atoms with Gasteiger partial charge >= 0.3 is 0 Å². The van der Waals surface area contributed by atoms with Crippen molar-refractivity contribution in [1.82, 2.24) is 0 Å². The van der Waals surface area contributed by atoms with E-state index in [4.69, 9.17) is 0 Å². The van der Waals surface area contributed by atoms with E-state index in [0.717, 1.165) is 18.0 Å². The maximum atomic E-state index is 10.1. The maximum absolute atomic E-state index is 10.1. The van der Waals surface area contributed by atoms with Gasteiger partial charge in [-0.3, -0.25) is 0 Å². The van der Waals surface area contributed by atoms with Crippen molar-refractivity contribution in [3.8, 4) is 0 Å². The predicted octanol–water partition coefficient (Wildman–Crippen LogP) is 2.63. The van der Waals surface area contributed by atoms with Crippen LogP contribution >= 0.6 is 15.9 Å². The average molecular weight is 207 g/mol. The molecule has 1 atom stereocenters. The second-order valence-corrected chi connectivity index (χ2v) is 3.70. The van der Waals surface area contributed by atoms with Crippen molar-refractivity contribution in [3.05, 3.63) is 0 Å². The minimum Gasteiger partial charge on any atom is -0.303 e. The molecule has 0 aliphatic carbocycles. The van der Waals surface area contributed by atoms with E-state index in [1.54, 1.807) is 0 Å². The van der Waals surface area contributed by atoms with Crippen molar-refractivity contribution in [2.45, 2.75) is 26.7 Å². The fourth-order valence-electron chi connectivity index (χ4n) is 1.02. The molecule has 0 unspecified atom stereocenters. The van der Waals surface area contributed by atoms with E-state index in [-0.39, 0.29) is 0 Å². The van der Waals surface area contributed by atoms with E-state index in [1.807, 2.05) is 0 Å². The minimum atomic E-state index is 0.539. The Morgan fingerprint density at radius 1 is 1.50 bits per heavy atom. The molecule has 0 saturated heterocycles. The summed E-state index contributed by atoms with van der Waals surface area (Å²) in [5.74, 6) is 1.24. The van der Waals surface area contributed by atoms with Gasteiger partial charge in [-0.2, -0.15) is 0 Å². The van der Waals surface area contributed by atoms with Crippen LogP contribution in [0.5, 0.6) is 0 Å². The van der Waals surface area contributed by atoms with Crippen LogP contribution in [0.4, 0.5) is 0 Å². The summed E-state index contributed by atoms with van der Waals surface area (Å²) >= 11 is 3.39. The van der Waals surface area contributed by atoms with Crippen LogP contribution in [0.15, 0.2) is 0 Å². The summed E-state index contributed by atoms with van der Waals surface area (Å²) in [7, 11) is 0. The third kappa shape index (κ3) is 4.98. The highest BCUT2D eigenvalue weighted by molar-refractivity contribution is 9.09. The molecule has 0 aromatic heterocycles. The number of hydrogen-bond acceptors (Lipinski definition) is 1. The van der Waals surface area contributed by atoms with Crippen LogP contribution in [0, 0.1) is 11.8 Å². The van der Waals surface area contributed by atoms with Gasteiger partial charge in [-0.05, 0) is 18.3 Å². The lowest BCUT2D eigenvalue weighted by Crippen LogP contribution is -2.06. The highest BCUT2D eigenvalue weighted by Gasteiger charge is 2.07. The second kappa shape index (κ2) is 5.90. The van der Waals surface area contributed by atoms with E-state index in [2.05, 4.69) is 29.8 Å². The molecule has 0 heterocycles. The van der Waals surface area contributed by atoms with Gasteiger partial charge in [0.05, 0.1) is 0 Å². The highest BCUT2D eigenvalue weighted by Crippen LogP contribution is 2.16. The van der Waals surface area contributed by atoms with E-state index >= 15 is 0 Å². The third-order valence-electron chi connectivity index (χ3n) is 1.45. The molecule has 0 bridgehead atoms. The van der Waals surface area contributed by atoms with Crippen LogP contribution in [0.25, 0.3) is 0 Å². The van der Waals surface area contributed by atoms with E-state index in [0.29, 0.717) is 18.3 Å². The SMILES string of the molecule is CC(C)C[C@H](CBr)CC=O. The summed E-state index contributed by atoms with van der Waals surface area (Å²) in [4.78, 5) is 10.1. The third-order valence-corrected chi connectivity index (χ3v) is 2.37. The van der Waals surface area contributed by atoms with E-state index < -0.39 is 0 Å². The average Bonchev–Trinajstić information content (AvgIpc) is 1.86. The van der Waals surface area contributed by atoms with Crippen molar-refractivity contribution >= 4 is 22.2 Å². The first-order chi connectivity index (χ1) is 4.70. The van der Waals surface area contributed by atoms with Gasteiger partial charge in [-0.1, -0.05) is 29.8 Å². The Morgan fingerprint density at radius 3 is 2.40 bits per heavy atom. The minimum absolute atomic E-state index is 0.539. The number of halogens is 1. The molecule has 10 heavy (non-hydrogen) atoms. The Hall–Kier alpha value is 0.150. The first-order valence-corrected chi connectivity index (χ1v) is 4.82. The molecule has 0 saturated carbocycles. The smallest absolute Gasteiger partial charge is 0.120 e. The fraction of sp³-hybridized carbons (Fsp3) is 0.875. The van der Waals surface area contributed by atoms with Crippen LogP contribution < -0.4 is 0 Å². The number of rotatable bonds is 5.